The number of pyridine rings is 1. The Balaban J connectivity index is 2.34. The molecule has 1 heterocycles. The van der Waals surface area contributed by atoms with Crippen molar-refractivity contribution in [2.75, 3.05) is 7.11 Å². The van der Waals surface area contributed by atoms with E-state index in [0.717, 1.165) is 0 Å². The first-order valence-electron chi connectivity index (χ1n) is 6.35. The molecule has 2 rings (SSSR count). The van der Waals surface area contributed by atoms with Crippen molar-refractivity contribution >= 4 is 21.6 Å². The zero-order valence-electron chi connectivity index (χ0n) is 11.9. The SMILES string of the molecule is COc1ncccc1C(C)NS(=O)(=O)c1cccc(Cl)c1O. The number of halogens is 1. The second-order valence-corrected chi connectivity index (χ2v) is 6.62. The summed E-state index contributed by atoms with van der Waals surface area (Å²) in [6.07, 6.45) is 1.55. The largest absolute Gasteiger partial charge is 0.505 e. The van der Waals surface area contributed by atoms with E-state index in [1.165, 1.54) is 25.3 Å². The van der Waals surface area contributed by atoms with Crippen LogP contribution in [0, 0.1) is 0 Å². The Bertz CT molecular complexity index is 780. The van der Waals surface area contributed by atoms with Crippen LogP contribution in [-0.4, -0.2) is 25.6 Å². The van der Waals surface area contributed by atoms with E-state index in [0.29, 0.717) is 11.4 Å². The van der Waals surface area contributed by atoms with Crippen LogP contribution < -0.4 is 9.46 Å². The van der Waals surface area contributed by atoms with Gasteiger partial charge in [0.2, 0.25) is 15.9 Å². The summed E-state index contributed by atoms with van der Waals surface area (Å²) in [5, 5.41) is 9.80. The molecule has 0 amide bonds. The molecule has 1 atom stereocenters. The number of aromatic hydroxyl groups is 1. The van der Waals surface area contributed by atoms with E-state index in [9.17, 15) is 13.5 Å². The lowest BCUT2D eigenvalue weighted by Gasteiger charge is -2.17. The lowest BCUT2D eigenvalue weighted by Crippen LogP contribution is -2.27. The first-order valence-corrected chi connectivity index (χ1v) is 8.21. The van der Waals surface area contributed by atoms with E-state index in [2.05, 4.69) is 9.71 Å². The van der Waals surface area contributed by atoms with Gasteiger partial charge in [-0.25, -0.2) is 18.1 Å². The summed E-state index contributed by atoms with van der Waals surface area (Å²) in [4.78, 5) is 3.74. The average Bonchev–Trinajstić information content (AvgIpc) is 2.49. The monoisotopic (exact) mass is 342 g/mol. The molecule has 2 aromatic rings. The van der Waals surface area contributed by atoms with Crippen molar-refractivity contribution in [2.45, 2.75) is 17.9 Å². The van der Waals surface area contributed by atoms with Crippen LogP contribution in [0.25, 0.3) is 0 Å². The van der Waals surface area contributed by atoms with Crippen LogP contribution in [0.2, 0.25) is 5.02 Å². The number of nitrogens with one attached hydrogen (secondary N) is 1. The van der Waals surface area contributed by atoms with Gasteiger partial charge < -0.3 is 9.84 Å². The number of hydrogen-bond donors (Lipinski definition) is 2. The molecule has 1 aromatic carbocycles. The number of ether oxygens (including phenoxy) is 1. The number of hydrogen-bond acceptors (Lipinski definition) is 5. The van der Waals surface area contributed by atoms with Crippen LogP contribution >= 0.6 is 11.6 Å². The summed E-state index contributed by atoms with van der Waals surface area (Å²) >= 11 is 5.75. The lowest BCUT2D eigenvalue weighted by molar-refractivity contribution is 0.388. The van der Waals surface area contributed by atoms with Gasteiger partial charge in [-0.05, 0) is 25.1 Å². The molecular weight excluding hydrogens is 328 g/mol. The standard InChI is InChI=1S/C14H15ClN2O4S/c1-9(10-5-4-8-16-14(10)21-2)17-22(19,20)12-7-3-6-11(15)13(12)18/h3-9,17-18H,1-2H3. The van der Waals surface area contributed by atoms with Gasteiger partial charge >= 0.3 is 0 Å². The molecule has 0 bridgehead atoms. The third kappa shape index (κ3) is 3.32. The molecule has 0 fully saturated rings. The fourth-order valence-electron chi connectivity index (χ4n) is 1.98. The summed E-state index contributed by atoms with van der Waals surface area (Å²) in [5.74, 6) is -0.157. The molecule has 1 unspecified atom stereocenters. The summed E-state index contributed by atoms with van der Waals surface area (Å²) in [6.45, 7) is 1.65. The fourth-order valence-corrected chi connectivity index (χ4v) is 3.55. The smallest absolute Gasteiger partial charge is 0.244 e. The molecule has 22 heavy (non-hydrogen) atoms. The van der Waals surface area contributed by atoms with Crippen LogP contribution in [0.4, 0.5) is 0 Å². The first-order chi connectivity index (χ1) is 10.4. The minimum atomic E-state index is -3.95. The van der Waals surface area contributed by atoms with E-state index >= 15 is 0 Å². The number of phenolic OH excluding ortho intramolecular Hbond substituents is 1. The maximum Gasteiger partial charge on any atom is 0.244 e. The Morgan fingerprint density at radius 3 is 2.73 bits per heavy atom. The predicted octanol–water partition coefficient (Wildman–Crippen LogP) is 2.49. The Kier molecular flexibility index (Phi) is 4.90. The number of aromatic nitrogens is 1. The van der Waals surface area contributed by atoms with Gasteiger partial charge in [-0.3, -0.25) is 0 Å². The number of para-hydroxylation sites is 1. The second kappa shape index (κ2) is 6.51. The molecule has 0 aliphatic carbocycles. The highest BCUT2D eigenvalue weighted by Gasteiger charge is 2.24. The molecule has 0 radical (unpaired) electrons. The highest BCUT2D eigenvalue weighted by atomic mass is 35.5. The summed E-state index contributed by atoms with van der Waals surface area (Å²) in [5.41, 5.74) is 0.579. The van der Waals surface area contributed by atoms with Crippen molar-refractivity contribution in [3.8, 4) is 11.6 Å². The molecule has 118 valence electrons. The van der Waals surface area contributed by atoms with Gasteiger partial charge in [0.15, 0.2) is 5.75 Å². The molecule has 2 N–H and O–H groups in total. The van der Waals surface area contributed by atoms with Crippen LogP contribution in [0.1, 0.15) is 18.5 Å². The van der Waals surface area contributed by atoms with Gasteiger partial charge in [0.1, 0.15) is 4.90 Å². The third-order valence-corrected chi connectivity index (χ3v) is 4.91. The van der Waals surface area contributed by atoms with Crippen LogP contribution in [0.15, 0.2) is 41.4 Å². The summed E-state index contributed by atoms with van der Waals surface area (Å²) in [7, 11) is -2.50. The van der Waals surface area contributed by atoms with Crippen molar-refractivity contribution in [2.24, 2.45) is 0 Å². The zero-order valence-corrected chi connectivity index (χ0v) is 13.5. The van der Waals surface area contributed by atoms with Gasteiger partial charge in [-0.15, -0.1) is 0 Å². The number of phenols is 1. The molecular formula is C14H15ClN2O4S. The maximum atomic E-state index is 12.4. The molecule has 0 aliphatic heterocycles. The average molecular weight is 343 g/mol. The highest BCUT2D eigenvalue weighted by molar-refractivity contribution is 7.89. The van der Waals surface area contributed by atoms with Crippen molar-refractivity contribution in [1.82, 2.24) is 9.71 Å². The molecule has 6 nitrogen and oxygen atoms in total. The van der Waals surface area contributed by atoms with E-state index in [1.807, 2.05) is 0 Å². The Morgan fingerprint density at radius 2 is 2.05 bits per heavy atom. The minimum Gasteiger partial charge on any atom is -0.505 e. The Hall–Kier alpha value is -1.83. The van der Waals surface area contributed by atoms with Crippen LogP contribution in [0.5, 0.6) is 11.6 Å². The molecule has 0 spiro atoms. The Labute approximate surface area is 133 Å². The third-order valence-electron chi connectivity index (χ3n) is 3.03. The normalized spacial score (nSPS) is 12.9. The molecule has 0 saturated heterocycles. The number of benzene rings is 1. The number of sulfonamides is 1. The highest BCUT2D eigenvalue weighted by Crippen LogP contribution is 2.31. The fraction of sp³-hybridized carbons (Fsp3) is 0.214. The van der Waals surface area contributed by atoms with Gasteiger partial charge in [0.05, 0.1) is 12.1 Å². The quantitative estimate of drug-likeness (QED) is 0.871. The second-order valence-electron chi connectivity index (χ2n) is 4.53. The summed E-state index contributed by atoms with van der Waals surface area (Å²) in [6, 6.07) is 6.91. The lowest BCUT2D eigenvalue weighted by atomic mass is 10.1. The summed E-state index contributed by atoms with van der Waals surface area (Å²) < 4.78 is 32.4. The number of nitrogens with zero attached hydrogens (tertiary/aromatic N) is 1. The topological polar surface area (TPSA) is 88.5 Å². The number of rotatable bonds is 5. The van der Waals surface area contributed by atoms with E-state index in [1.54, 1.807) is 25.3 Å². The molecule has 0 saturated carbocycles. The van der Waals surface area contributed by atoms with Crippen molar-refractivity contribution in [3.05, 3.63) is 47.1 Å². The van der Waals surface area contributed by atoms with Crippen molar-refractivity contribution in [3.63, 3.8) is 0 Å². The first kappa shape index (κ1) is 16.5. The van der Waals surface area contributed by atoms with Crippen LogP contribution in [0.3, 0.4) is 0 Å². The Morgan fingerprint density at radius 1 is 1.32 bits per heavy atom. The van der Waals surface area contributed by atoms with Gasteiger partial charge in [0.25, 0.3) is 0 Å². The maximum absolute atomic E-state index is 12.4. The predicted molar refractivity (Wildman–Crippen MR) is 82.6 cm³/mol. The van der Waals surface area contributed by atoms with Crippen LogP contribution in [-0.2, 0) is 10.0 Å². The molecule has 8 heteroatoms. The van der Waals surface area contributed by atoms with Gasteiger partial charge in [-0.1, -0.05) is 23.7 Å². The van der Waals surface area contributed by atoms with Crippen molar-refractivity contribution in [1.29, 1.82) is 0 Å². The number of methoxy groups -OCH3 is 1. The zero-order chi connectivity index (χ0) is 16.3. The van der Waals surface area contributed by atoms with Crippen molar-refractivity contribution < 1.29 is 18.3 Å². The molecule has 0 aliphatic rings. The molecule has 1 aromatic heterocycles. The van der Waals surface area contributed by atoms with Gasteiger partial charge in [0, 0.05) is 17.8 Å². The van der Waals surface area contributed by atoms with E-state index in [-0.39, 0.29) is 9.92 Å². The van der Waals surface area contributed by atoms with E-state index < -0.39 is 21.8 Å². The van der Waals surface area contributed by atoms with E-state index in [4.69, 9.17) is 16.3 Å². The minimum absolute atomic E-state index is 0.0329. The van der Waals surface area contributed by atoms with Gasteiger partial charge in [-0.2, -0.15) is 0 Å².